The van der Waals surface area contributed by atoms with Crippen LogP contribution in [0.3, 0.4) is 0 Å². The van der Waals surface area contributed by atoms with Crippen molar-refractivity contribution in [2.24, 2.45) is 0 Å². The fourth-order valence-corrected chi connectivity index (χ4v) is 2.98. The van der Waals surface area contributed by atoms with E-state index in [1.807, 2.05) is 18.2 Å². The molecule has 0 saturated heterocycles. The topological polar surface area (TPSA) is 54.0 Å². The first kappa shape index (κ1) is 20.5. The molecule has 136 valence electrons. The zero-order valence-electron chi connectivity index (χ0n) is 16.1. The predicted molar refractivity (Wildman–Crippen MR) is 97.3 cm³/mol. The number of carbonyl (C=O) groups excluding carboxylic acids is 1. The summed E-state index contributed by atoms with van der Waals surface area (Å²) >= 11 is 0. The van der Waals surface area contributed by atoms with Crippen LogP contribution >= 0.6 is 0 Å². The first-order valence-electron chi connectivity index (χ1n) is 8.02. The quantitative estimate of drug-likeness (QED) is 0.550. The molecule has 1 atom stereocenters. The Morgan fingerprint density at radius 3 is 2.21 bits per heavy atom. The second-order valence-electron chi connectivity index (χ2n) is 7.30. The van der Waals surface area contributed by atoms with Gasteiger partial charge in [-0.1, -0.05) is 26.8 Å². The number of hydrogen-bond acceptors (Lipinski definition) is 5. The van der Waals surface area contributed by atoms with Crippen molar-refractivity contribution in [3.63, 3.8) is 0 Å². The fourth-order valence-electron chi connectivity index (χ4n) is 1.96. The molecule has 6 heteroatoms. The number of rotatable bonds is 7. The highest BCUT2D eigenvalue weighted by Gasteiger charge is 2.39. The van der Waals surface area contributed by atoms with Crippen LogP contribution in [0.1, 0.15) is 26.3 Å². The maximum atomic E-state index is 11.7. The molecule has 0 aromatic heterocycles. The first-order valence-corrected chi connectivity index (χ1v) is 10.9. The van der Waals surface area contributed by atoms with Crippen molar-refractivity contribution in [3.8, 4) is 11.5 Å². The SMILES string of the molecule is COC(=O)[C@H](Cc1ccc(O[Si](C)(C)C(C)(C)C)c(OC)c1)OC. The Morgan fingerprint density at radius 2 is 1.75 bits per heavy atom. The molecule has 1 aromatic carbocycles. The van der Waals surface area contributed by atoms with E-state index in [1.54, 1.807) is 7.11 Å². The molecule has 0 fully saturated rings. The van der Waals surface area contributed by atoms with E-state index in [4.69, 9.17) is 18.6 Å². The van der Waals surface area contributed by atoms with Gasteiger partial charge in [0, 0.05) is 13.5 Å². The summed E-state index contributed by atoms with van der Waals surface area (Å²) in [6.07, 6.45) is -0.216. The number of hydrogen-bond donors (Lipinski definition) is 0. The molecule has 0 aliphatic heterocycles. The van der Waals surface area contributed by atoms with Gasteiger partial charge in [-0.05, 0) is 35.8 Å². The maximum absolute atomic E-state index is 11.7. The lowest BCUT2D eigenvalue weighted by molar-refractivity contribution is -0.152. The van der Waals surface area contributed by atoms with E-state index >= 15 is 0 Å². The lowest BCUT2D eigenvalue weighted by Crippen LogP contribution is -2.43. The third-order valence-electron chi connectivity index (χ3n) is 4.57. The van der Waals surface area contributed by atoms with Crippen molar-refractivity contribution in [2.45, 2.75) is 51.4 Å². The smallest absolute Gasteiger partial charge is 0.335 e. The summed E-state index contributed by atoms with van der Waals surface area (Å²) in [5.41, 5.74) is 0.923. The van der Waals surface area contributed by atoms with E-state index in [1.165, 1.54) is 14.2 Å². The van der Waals surface area contributed by atoms with Gasteiger partial charge in [0.05, 0.1) is 14.2 Å². The highest BCUT2D eigenvalue weighted by molar-refractivity contribution is 6.74. The maximum Gasteiger partial charge on any atom is 0.335 e. The average Bonchev–Trinajstić information content (AvgIpc) is 2.51. The van der Waals surface area contributed by atoms with E-state index in [0.717, 1.165) is 11.3 Å². The van der Waals surface area contributed by atoms with E-state index in [0.29, 0.717) is 12.2 Å². The predicted octanol–water partition coefficient (Wildman–Crippen LogP) is 3.81. The Labute approximate surface area is 146 Å². The van der Waals surface area contributed by atoms with Gasteiger partial charge in [0.2, 0.25) is 0 Å². The van der Waals surface area contributed by atoms with E-state index in [2.05, 4.69) is 33.9 Å². The standard InChI is InChI=1S/C18H30O5Si/c1-18(2,3)24(7,8)23-14-10-9-13(11-15(14)20-4)12-16(21-5)17(19)22-6/h9-11,16H,12H2,1-8H3/t16-/m0/s1. The molecule has 0 N–H and O–H groups in total. The second kappa shape index (κ2) is 8.03. The first-order chi connectivity index (χ1) is 11.1. The lowest BCUT2D eigenvalue weighted by atomic mass is 10.1. The Kier molecular flexibility index (Phi) is 6.86. The molecule has 1 rings (SSSR count). The monoisotopic (exact) mass is 354 g/mol. The van der Waals surface area contributed by atoms with Crippen LogP contribution < -0.4 is 9.16 Å². The van der Waals surface area contributed by atoms with Crippen molar-refractivity contribution in [3.05, 3.63) is 23.8 Å². The van der Waals surface area contributed by atoms with Crippen LogP contribution in [0.25, 0.3) is 0 Å². The molecule has 24 heavy (non-hydrogen) atoms. The largest absolute Gasteiger partial charge is 0.541 e. The van der Waals surface area contributed by atoms with Gasteiger partial charge in [-0.25, -0.2) is 4.79 Å². The molecule has 0 spiro atoms. The van der Waals surface area contributed by atoms with Crippen molar-refractivity contribution >= 4 is 14.3 Å². The lowest BCUT2D eigenvalue weighted by Gasteiger charge is -2.36. The van der Waals surface area contributed by atoms with Crippen LogP contribution in [-0.2, 0) is 20.7 Å². The van der Waals surface area contributed by atoms with Crippen LogP contribution in [0, 0.1) is 0 Å². The van der Waals surface area contributed by atoms with E-state index < -0.39 is 20.4 Å². The normalized spacial score (nSPS) is 13.3. The number of methoxy groups -OCH3 is 3. The number of esters is 1. The number of benzene rings is 1. The van der Waals surface area contributed by atoms with Gasteiger partial charge >= 0.3 is 5.97 Å². The Bertz CT molecular complexity index is 563. The molecule has 0 saturated carbocycles. The summed E-state index contributed by atoms with van der Waals surface area (Å²) in [7, 11) is 2.51. The minimum absolute atomic E-state index is 0.0999. The van der Waals surface area contributed by atoms with Crippen molar-refractivity contribution < 1.29 is 23.4 Å². The summed E-state index contributed by atoms with van der Waals surface area (Å²) in [6, 6.07) is 5.72. The van der Waals surface area contributed by atoms with Crippen molar-refractivity contribution in [1.29, 1.82) is 0 Å². The van der Waals surface area contributed by atoms with Gasteiger partial charge < -0.3 is 18.6 Å². The summed E-state index contributed by atoms with van der Waals surface area (Å²) in [5.74, 6) is 1.01. The van der Waals surface area contributed by atoms with Gasteiger partial charge in [-0.15, -0.1) is 0 Å². The summed E-state index contributed by atoms with van der Waals surface area (Å²) < 4.78 is 21.8. The summed E-state index contributed by atoms with van der Waals surface area (Å²) in [6.45, 7) is 11.0. The highest BCUT2D eigenvalue weighted by Crippen LogP contribution is 2.40. The van der Waals surface area contributed by atoms with Crippen LogP contribution in [-0.4, -0.2) is 41.7 Å². The Morgan fingerprint density at radius 1 is 1.12 bits per heavy atom. The Balaban J connectivity index is 3.03. The zero-order chi connectivity index (χ0) is 18.5. The third-order valence-corrected chi connectivity index (χ3v) is 8.91. The van der Waals surface area contributed by atoms with Gasteiger partial charge in [0.1, 0.15) is 5.75 Å². The number of ether oxygens (including phenoxy) is 3. The highest BCUT2D eigenvalue weighted by atomic mass is 28.4. The molecule has 0 aliphatic carbocycles. The molecule has 0 unspecified atom stereocenters. The summed E-state index contributed by atoms with van der Waals surface area (Å²) in [5, 5.41) is 0.0999. The van der Waals surface area contributed by atoms with Gasteiger partial charge in [0.25, 0.3) is 8.32 Å². The molecule has 0 amide bonds. The molecule has 0 aliphatic rings. The Hall–Kier alpha value is -1.53. The van der Waals surface area contributed by atoms with E-state index in [-0.39, 0.29) is 5.04 Å². The molecular formula is C18H30O5Si. The van der Waals surface area contributed by atoms with Gasteiger partial charge in [0.15, 0.2) is 11.9 Å². The van der Waals surface area contributed by atoms with Crippen LogP contribution in [0.15, 0.2) is 18.2 Å². The fraction of sp³-hybridized carbons (Fsp3) is 0.611. The third kappa shape index (κ3) is 4.98. The van der Waals surface area contributed by atoms with E-state index in [9.17, 15) is 4.79 Å². The van der Waals surface area contributed by atoms with Crippen LogP contribution in [0.2, 0.25) is 18.1 Å². The van der Waals surface area contributed by atoms with Gasteiger partial charge in [-0.3, -0.25) is 0 Å². The summed E-state index contributed by atoms with van der Waals surface area (Å²) in [4.78, 5) is 11.7. The molecule has 0 radical (unpaired) electrons. The average molecular weight is 355 g/mol. The van der Waals surface area contributed by atoms with Crippen LogP contribution in [0.4, 0.5) is 0 Å². The van der Waals surface area contributed by atoms with Gasteiger partial charge in [-0.2, -0.15) is 0 Å². The number of carbonyl (C=O) groups is 1. The molecule has 0 bridgehead atoms. The van der Waals surface area contributed by atoms with Crippen LogP contribution in [0.5, 0.6) is 11.5 Å². The van der Waals surface area contributed by atoms with Crippen molar-refractivity contribution in [1.82, 2.24) is 0 Å². The molecule has 0 heterocycles. The van der Waals surface area contributed by atoms with Crippen molar-refractivity contribution in [2.75, 3.05) is 21.3 Å². The minimum atomic E-state index is -1.95. The molecule has 1 aromatic rings. The zero-order valence-corrected chi connectivity index (χ0v) is 17.1. The molecular weight excluding hydrogens is 324 g/mol. The second-order valence-corrected chi connectivity index (χ2v) is 12.0. The minimum Gasteiger partial charge on any atom is -0.541 e. The molecule has 5 nitrogen and oxygen atoms in total.